The van der Waals surface area contributed by atoms with Crippen molar-refractivity contribution in [2.24, 2.45) is 0 Å². The van der Waals surface area contributed by atoms with Crippen molar-refractivity contribution in [1.82, 2.24) is 9.80 Å². The summed E-state index contributed by atoms with van der Waals surface area (Å²) in [6.07, 6.45) is 2.21. The van der Waals surface area contributed by atoms with Gasteiger partial charge in [-0.3, -0.25) is 14.5 Å². The summed E-state index contributed by atoms with van der Waals surface area (Å²) in [6, 6.07) is 0. The van der Waals surface area contributed by atoms with E-state index in [2.05, 4.69) is 0 Å². The number of imide groups is 1. The first-order valence-corrected chi connectivity index (χ1v) is 4.45. The number of hydrogen-bond donors (Lipinski definition) is 1. The Bertz CT molecular complexity index is 370. The quantitative estimate of drug-likeness (QED) is 0.528. The van der Waals surface area contributed by atoms with E-state index in [0.717, 1.165) is 17.1 Å². The van der Waals surface area contributed by atoms with Crippen molar-refractivity contribution in [3.63, 3.8) is 0 Å². The molecular weight excluding hydrogens is 243 g/mol. The van der Waals surface area contributed by atoms with Crippen LogP contribution in [0.4, 0.5) is 0 Å². The highest BCUT2D eigenvalue weighted by Crippen LogP contribution is 2.29. The highest BCUT2D eigenvalue weighted by molar-refractivity contribution is 6.92. The minimum Gasteiger partial charge on any atom is -0.479 e. The average molecular weight is 260 g/mol. The Hall–Kier alpha value is -1.26. The van der Waals surface area contributed by atoms with Gasteiger partial charge in [0.1, 0.15) is 0 Å². The van der Waals surface area contributed by atoms with Crippen molar-refractivity contribution in [1.29, 1.82) is 0 Å². The molecule has 2 amide bonds. The van der Waals surface area contributed by atoms with E-state index in [4.69, 9.17) is 5.11 Å². The Kier molecular flexibility index (Phi) is 4.57. The molecule has 0 spiro atoms. The van der Waals surface area contributed by atoms with Crippen molar-refractivity contribution in [2.75, 3.05) is 20.1 Å². The first-order valence-electron chi connectivity index (χ1n) is 4.45. The lowest BCUT2D eigenvalue weighted by Crippen LogP contribution is -2.74. The van der Waals surface area contributed by atoms with E-state index in [1.54, 1.807) is 11.9 Å². The molecule has 96 valence electrons. The highest BCUT2D eigenvalue weighted by Gasteiger charge is 2.57. The predicted molar refractivity (Wildman–Crippen MR) is 66.7 cm³/mol. The molecule has 1 fully saturated rings. The Balaban J connectivity index is 0.00000128. The maximum atomic E-state index is 11.4. The van der Waals surface area contributed by atoms with E-state index in [-0.39, 0.29) is 30.4 Å². The van der Waals surface area contributed by atoms with E-state index in [1.165, 1.54) is 0 Å². The van der Waals surface area contributed by atoms with Gasteiger partial charge in [-0.15, -0.1) is 0 Å². The van der Waals surface area contributed by atoms with Crippen molar-refractivity contribution < 1.29 is 19.5 Å². The number of likely N-dealkylation sites (tertiary alicyclic amines) is 1. The molecule has 0 bridgehead atoms. The van der Waals surface area contributed by atoms with Crippen LogP contribution in [0.15, 0.2) is 12.2 Å². The number of carboxylic acids is 1. The van der Waals surface area contributed by atoms with Gasteiger partial charge in [0.25, 0.3) is 11.8 Å². The molecule has 2 aliphatic rings. The van der Waals surface area contributed by atoms with Crippen LogP contribution in [-0.4, -0.2) is 58.4 Å². The molecule has 0 aromatic carbocycles. The normalized spacial score (nSPS) is 21.6. The summed E-state index contributed by atoms with van der Waals surface area (Å²) in [5, 5.41) is 9.10. The van der Waals surface area contributed by atoms with Gasteiger partial charge in [0, 0.05) is 25.2 Å². The summed E-state index contributed by atoms with van der Waals surface area (Å²) in [7, 11) is 1.74. The average Bonchev–Trinajstić information content (AvgIpc) is 2.41. The zero-order valence-corrected chi connectivity index (χ0v) is 10.3. The third kappa shape index (κ3) is 2.10. The van der Waals surface area contributed by atoms with Gasteiger partial charge in [-0.25, -0.2) is 4.79 Å². The molecule has 7 heteroatoms. The summed E-state index contributed by atoms with van der Waals surface area (Å²) in [5.41, 5.74) is -1.37. The number of amides is 2. The van der Waals surface area contributed by atoms with E-state index < -0.39 is 23.3 Å². The number of nitrogens with zero attached hydrogens (tertiary/aromatic N) is 2. The van der Waals surface area contributed by atoms with E-state index in [9.17, 15) is 14.4 Å². The molecule has 1 unspecified atom stereocenters. The maximum Gasteiger partial charge on any atom is 0.332 e. The highest BCUT2D eigenvalue weighted by atomic mass is 31.0. The molecule has 1 atom stereocenters. The topological polar surface area (TPSA) is 77.9 Å². The molecule has 17 heavy (non-hydrogen) atoms. The molecule has 0 aromatic rings. The lowest BCUT2D eigenvalue weighted by atomic mass is 9.88. The monoisotopic (exact) mass is 260 g/mol. The van der Waals surface area contributed by atoms with Crippen LogP contribution in [0.25, 0.3) is 0 Å². The summed E-state index contributed by atoms with van der Waals surface area (Å²) in [6.45, 7) is 0.364. The summed E-state index contributed by atoms with van der Waals surface area (Å²) < 4.78 is 0. The van der Waals surface area contributed by atoms with E-state index >= 15 is 0 Å². The third-order valence-electron chi connectivity index (χ3n) is 2.70. The largest absolute Gasteiger partial charge is 0.479 e. The predicted octanol–water partition coefficient (Wildman–Crippen LogP) is -0.626. The second kappa shape index (κ2) is 4.94. The number of carbonyl (C=O) groups is 3. The minimum atomic E-state index is -1.37. The number of hydrogen-bond acceptors (Lipinski definition) is 4. The lowest BCUT2D eigenvalue weighted by Gasteiger charge is -2.49. The summed E-state index contributed by atoms with van der Waals surface area (Å²) in [5.74, 6) is -2.22. The van der Waals surface area contributed by atoms with Gasteiger partial charge >= 0.3 is 5.97 Å². The number of aliphatic carboxylic acids is 1. The van der Waals surface area contributed by atoms with Crippen LogP contribution in [0.3, 0.4) is 0 Å². The van der Waals surface area contributed by atoms with Gasteiger partial charge < -0.3 is 10.0 Å². The fourth-order valence-corrected chi connectivity index (χ4v) is 2.04. The Morgan fingerprint density at radius 3 is 2.00 bits per heavy atom. The minimum absolute atomic E-state index is 0. The smallest absolute Gasteiger partial charge is 0.332 e. The molecule has 1 saturated heterocycles. The van der Waals surface area contributed by atoms with Gasteiger partial charge in [-0.05, 0) is 7.05 Å². The molecule has 0 saturated carbocycles. The number of carboxylic acid groups (broad SMARTS) is 1. The fourth-order valence-electron chi connectivity index (χ4n) is 2.04. The molecule has 1 N–H and O–H groups in total. The first kappa shape index (κ1) is 15.7. The zero-order chi connectivity index (χ0) is 11.2. The first-order chi connectivity index (χ1) is 6.97. The molecular formula is C10H17N2O4P. The van der Waals surface area contributed by atoms with Crippen LogP contribution >= 0.6 is 9.90 Å². The van der Waals surface area contributed by atoms with Gasteiger partial charge in [-0.1, -0.05) is 7.43 Å². The Morgan fingerprint density at radius 1 is 1.29 bits per heavy atom. The van der Waals surface area contributed by atoms with Crippen LogP contribution < -0.4 is 0 Å². The summed E-state index contributed by atoms with van der Waals surface area (Å²) >= 11 is 0. The van der Waals surface area contributed by atoms with Crippen LogP contribution in [-0.2, 0) is 14.4 Å². The van der Waals surface area contributed by atoms with Gasteiger partial charge in [-0.2, -0.15) is 9.90 Å². The summed E-state index contributed by atoms with van der Waals surface area (Å²) in [4.78, 5) is 36.4. The third-order valence-corrected chi connectivity index (χ3v) is 2.70. The van der Waals surface area contributed by atoms with Crippen LogP contribution in [0.1, 0.15) is 7.43 Å². The van der Waals surface area contributed by atoms with Gasteiger partial charge in [0.05, 0.1) is 0 Å². The molecule has 6 nitrogen and oxygen atoms in total. The van der Waals surface area contributed by atoms with Crippen LogP contribution in [0.5, 0.6) is 0 Å². The molecule has 0 aliphatic carbocycles. The number of carbonyl (C=O) groups excluding carboxylic acids is 2. The molecule has 2 rings (SSSR count). The maximum absolute atomic E-state index is 11.4. The Labute approximate surface area is 103 Å². The van der Waals surface area contributed by atoms with E-state index in [1.807, 2.05) is 0 Å². The standard InChI is InChI=1S/C9H10N2O4.CH4.H3P/c1-10-4-9(5-10,8(14)15)11-6(12)2-3-7(11)13;;/h2-3H,4-5H2,1H3,(H,14,15);1H4;1H3. The second-order valence-corrected chi connectivity index (χ2v) is 3.85. The lowest BCUT2D eigenvalue weighted by molar-refractivity contribution is -0.173. The van der Waals surface area contributed by atoms with Gasteiger partial charge in [0.2, 0.25) is 0 Å². The fraction of sp³-hybridized carbons (Fsp3) is 0.500. The molecule has 0 radical (unpaired) electrons. The Morgan fingerprint density at radius 2 is 1.71 bits per heavy atom. The molecule has 2 aliphatic heterocycles. The number of rotatable bonds is 2. The van der Waals surface area contributed by atoms with Crippen LogP contribution in [0.2, 0.25) is 0 Å². The van der Waals surface area contributed by atoms with Crippen molar-refractivity contribution in [2.45, 2.75) is 13.0 Å². The van der Waals surface area contributed by atoms with E-state index in [0.29, 0.717) is 0 Å². The number of likely N-dealkylation sites (N-methyl/N-ethyl adjacent to an activating group) is 1. The molecule has 0 aromatic heterocycles. The van der Waals surface area contributed by atoms with Crippen LogP contribution in [0, 0.1) is 0 Å². The van der Waals surface area contributed by atoms with Crippen molar-refractivity contribution >= 4 is 27.7 Å². The van der Waals surface area contributed by atoms with Gasteiger partial charge in [0.15, 0.2) is 5.54 Å². The van der Waals surface area contributed by atoms with Crippen molar-refractivity contribution in [3.8, 4) is 0 Å². The SMILES string of the molecule is C.CN1CC(C(=O)O)(N2C(=O)C=CC2=O)C1.P. The second-order valence-electron chi connectivity index (χ2n) is 3.85. The molecule has 2 heterocycles. The van der Waals surface area contributed by atoms with Crippen molar-refractivity contribution in [3.05, 3.63) is 12.2 Å². The zero-order valence-electron chi connectivity index (χ0n) is 8.84.